The minimum absolute atomic E-state index is 0.189. The fraction of sp³-hybridized carbons (Fsp3) is 0.118. The molecule has 118 valence electrons. The molecule has 2 rings (SSSR count). The van der Waals surface area contributed by atoms with Gasteiger partial charge in [-0.25, -0.2) is 0 Å². The lowest BCUT2D eigenvalue weighted by Crippen LogP contribution is -2.34. The Balaban J connectivity index is 1.76. The van der Waals surface area contributed by atoms with E-state index in [1.165, 1.54) is 24.3 Å². The van der Waals surface area contributed by atoms with Gasteiger partial charge in [-0.15, -0.1) is 0 Å². The number of nitrogens with one attached hydrogen (secondary N) is 2. The fourth-order valence-electron chi connectivity index (χ4n) is 1.93. The van der Waals surface area contributed by atoms with E-state index in [9.17, 15) is 14.4 Å². The van der Waals surface area contributed by atoms with E-state index in [1.54, 1.807) is 24.3 Å². The molecular formula is C17H17N3O3. The van der Waals surface area contributed by atoms with E-state index in [0.29, 0.717) is 29.8 Å². The van der Waals surface area contributed by atoms with Crippen LogP contribution in [0.5, 0.6) is 0 Å². The summed E-state index contributed by atoms with van der Waals surface area (Å²) >= 11 is 0. The molecule has 0 fully saturated rings. The first-order valence-electron chi connectivity index (χ1n) is 7.09. The average Bonchev–Trinajstić information content (AvgIpc) is 2.59. The number of carbonyl (C=O) groups excluding carboxylic acids is 3. The van der Waals surface area contributed by atoms with E-state index in [0.717, 1.165) is 0 Å². The van der Waals surface area contributed by atoms with E-state index < -0.39 is 5.91 Å². The molecule has 4 N–H and O–H groups in total. The maximum Gasteiger partial charge on any atom is 0.251 e. The van der Waals surface area contributed by atoms with Crippen LogP contribution in [0.4, 0.5) is 0 Å². The summed E-state index contributed by atoms with van der Waals surface area (Å²) in [6.07, 6.45) is 0. The number of carbonyl (C=O) groups is 3. The van der Waals surface area contributed by atoms with Gasteiger partial charge in [0.2, 0.25) is 5.91 Å². The summed E-state index contributed by atoms with van der Waals surface area (Å²) < 4.78 is 0. The Hall–Kier alpha value is -3.15. The molecule has 3 amide bonds. The molecule has 0 heterocycles. The Bertz CT molecular complexity index is 697. The Kier molecular flexibility index (Phi) is 5.46. The van der Waals surface area contributed by atoms with Crippen molar-refractivity contribution in [3.8, 4) is 0 Å². The van der Waals surface area contributed by atoms with Crippen LogP contribution in [0.25, 0.3) is 0 Å². The minimum atomic E-state index is -0.541. The van der Waals surface area contributed by atoms with Crippen molar-refractivity contribution in [2.24, 2.45) is 5.73 Å². The molecule has 2 aromatic rings. The third kappa shape index (κ3) is 4.67. The Morgan fingerprint density at radius 1 is 0.696 bits per heavy atom. The van der Waals surface area contributed by atoms with Gasteiger partial charge in [-0.05, 0) is 36.4 Å². The lowest BCUT2D eigenvalue weighted by molar-refractivity contribution is 0.0927. The Morgan fingerprint density at radius 2 is 1.13 bits per heavy atom. The van der Waals surface area contributed by atoms with Crippen LogP contribution in [0.1, 0.15) is 31.1 Å². The molecule has 0 aliphatic heterocycles. The van der Waals surface area contributed by atoms with Gasteiger partial charge >= 0.3 is 0 Å². The molecule has 0 bridgehead atoms. The number of primary amides is 1. The first kappa shape index (κ1) is 16.2. The summed E-state index contributed by atoms with van der Waals surface area (Å²) in [6, 6.07) is 14.9. The monoisotopic (exact) mass is 311 g/mol. The molecule has 6 nitrogen and oxygen atoms in total. The second-order valence-corrected chi connectivity index (χ2v) is 4.82. The molecule has 0 spiro atoms. The van der Waals surface area contributed by atoms with Crippen LogP contribution in [0.15, 0.2) is 54.6 Å². The van der Waals surface area contributed by atoms with E-state index >= 15 is 0 Å². The highest BCUT2D eigenvalue weighted by Crippen LogP contribution is 2.03. The van der Waals surface area contributed by atoms with E-state index in [2.05, 4.69) is 10.6 Å². The van der Waals surface area contributed by atoms with Crippen LogP contribution in [0.3, 0.4) is 0 Å². The second kappa shape index (κ2) is 7.74. The third-order valence-corrected chi connectivity index (χ3v) is 3.16. The highest BCUT2D eigenvalue weighted by molar-refractivity contribution is 5.97. The predicted molar refractivity (Wildman–Crippen MR) is 86.1 cm³/mol. The predicted octanol–water partition coefficient (Wildman–Crippen LogP) is 0.945. The SMILES string of the molecule is NC(=O)c1ccc(C(=O)NCCNC(=O)c2ccccc2)cc1. The van der Waals surface area contributed by atoms with Crippen LogP contribution < -0.4 is 16.4 Å². The van der Waals surface area contributed by atoms with Crippen LogP contribution >= 0.6 is 0 Å². The van der Waals surface area contributed by atoms with Crippen molar-refractivity contribution >= 4 is 17.7 Å². The number of nitrogens with two attached hydrogens (primary N) is 1. The molecule has 0 atom stereocenters. The molecule has 0 saturated heterocycles. The summed E-state index contributed by atoms with van der Waals surface area (Å²) in [5.74, 6) is -1.01. The molecule has 0 aliphatic rings. The number of hydrogen-bond acceptors (Lipinski definition) is 3. The normalized spacial score (nSPS) is 9.91. The van der Waals surface area contributed by atoms with E-state index in [-0.39, 0.29) is 11.8 Å². The van der Waals surface area contributed by atoms with Gasteiger partial charge in [-0.1, -0.05) is 18.2 Å². The van der Waals surface area contributed by atoms with Crippen molar-refractivity contribution in [1.29, 1.82) is 0 Å². The smallest absolute Gasteiger partial charge is 0.251 e. The molecule has 0 saturated carbocycles. The lowest BCUT2D eigenvalue weighted by Gasteiger charge is -2.07. The summed E-state index contributed by atoms with van der Waals surface area (Å²) in [5, 5.41) is 5.40. The van der Waals surface area contributed by atoms with Crippen molar-refractivity contribution < 1.29 is 14.4 Å². The maximum absolute atomic E-state index is 11.9. The molecule has 0 radical (unpaired) electrons. The van der Waals surface area contributed by atoms with Crippen LogP contribution in [0, 0.1) is 0 Å². The minimum Gasteiger partial charge on any atom is -0.366 e. The highest BCUT2D eigenvalue weighted by Gasteiger charge is 2.07. The van der Waals surface area contributed by atoms with Gasteiger partial charge in [0.25, 0.3) is 11.8 Å². The third-order valence-electron chi connectivity index (χ3n) is 3.16. The largest absolute Gasteiger partial charge is 0.366 e. The highest BCUT2D eigenvalue weighted by atomic mass is 16.2. The van der Waals surface area contributed by atoms with Crippen molar-refractivity contribution in [2.45, 2.75) is 0 Å². The number of hydrogen-bond donors (Lipinski definition) is 3. The Labute approximate surface area is 133 Å². The molecule has 2 aromatic carbocycles. The molecular weight excluding hydrogens is 294 g/mol. The van der Waals surface area contributed by atoms with Crippen LogP contribution in [-0.4, -0.2) is 30.8 Å². The van der Waals surface area contributed by atoms with Gasteiger partial charge in [0.15, 0.2) is 0 Å². The zero-order chi connectivity index (χ0) is 16.7. The van der Waals surface area contributed by atoms with Gasteiger partial charge in [-0.3, -0.25) is 14.4 Å². The van der Waals surface area contributed by atoms with Crippen molar-refractivity contribution in [3.05, 3.63) is 71.3 Å². The quantitative estimate of drug-likeness (QED) is 0.692. The molecule has 6 heteroatoms. The van der Waals surface area contributed by atoms with Gasteiger partial charge < -0.3 is 16.4 Å². The summed E-state index contributed by atoms with van der Waals surface area (Å²) in [6.45, 7) is 0.619. The number of rotatable bonds is 6. The second-order valence-electron chi connectivity index (χ2n) is 4.82. The van der Waals surface area contributed by atoms with Gasteiger partial charge in [0.1, 0.15) is 0 Å². The zero-order valence-electron chi connectivity index (χ0n) is 12.4. The fourth-order valence-corrected chi connectivity index (χ4v) is 1.93. The van der Waals surface area contributed by atoms with Gasteiger partial charge in [0.05, 0.1) is 0 Å². The first-order valence-corrected chi connectivity index (χ1v) is 7.09. The summed E-state index contributed by atoms with van der Waals surface area (Å²) in [4.78, 5) is 34.6. The lowest BCUT2D eigenvalue weighted by atomic mass is 10.1. The van der Waals surface area contributed by atoms with Crippen LogP contribution in [-0.2, 0) is 0 Å². The molecule has 0 aliphatic carbocycles. The Morgan fingerprint density at radius 3 is 1.61 bits per heavy atom. The molecule has 0 aromatic heterocycles. The summed E-state index contributed by atoms with van der Waals surface area (Å²) in [5.41, 5.74) is 6.47. The van der Waals surface area contributed by atoms with E-state index in [4.69, 9.17) is 5.73 Å². The van der Waals surface area contributed by atoms with Crippen LogP contribution in [0.2, 0.25) is 0 Å². The van der Waals surface area contributed by atoms with Gasteiger partial charge in [0, 0.05) is 29.8 Å². The van der Waals surface area contributed by atoms with Crippen molar-refractivity contribution in [1.82, 2.24) is 10.6 Å². The standard InChI is InChI=1S/C17H17N3O3/c18-15(21)12-6-8-14(9-7-12)17(23)20-11-10-19-16(22)13-4-2-1-3-5-13/h1-9H,10-11H2,(H2,18,21)(H,19,22)(H,20,23). The van der Waals surface area contributed by atoms with Crippen molar-refractivity contribution in [3.63, 3.8) is 0 Å². The number of benzene rings is 2. The van der Waals surface area contributed by atoms with Gasteiger partial charge in [-0.2, -0.15) is 0 Å². The van der Waals surface area contributed by atoms with Crippen molar-refractivity contribution in [2.75, 3.05) is 13.1 Å². The average molecular weight is 311 g/mol. The molecule has 23 heavy (non-hydrogen) atoms. The van der Waals surface area contributed by atoms with E-state index in [1.807, 2.05) is 6.07 Å². The zero-order valence-corrected chi connectivity index (χ0v) is 12.4. The summed E-state index contributed by atoms with van der Waals surface area (Å²) in [7, 11) is 0. The first-order chi connectivity index (χ1) is 11.1. The molecule has 0 unspecified atom stereocenters. The topological polar surface area (TPSA) is 101 Å². The number of amides is 3. The maximum atomic E-state index is 11.9.